The largest absolute Gasteiger partial charge is 0.492 e. The molecule has 28 heavy (non-hydrogen) atoms. The first kappa shape index (κ1) is 17.7. The van der Waals surface area contributed by atoms with E-state index in [1.165, 1.54) is 15.0 Å². The molecular weight excluding hydrogens is 388 g/mol. The highest BCUT2D eigenvalue weighted by atomic mass is 32.1. The number of piperazine rings is 1. The topological polar surface area (TPSA) is 41.5 Å². The van der Waals surface area contributed by atoms with Crippen LogP contribution < -0.4 is 14.5 Å². The highest BCUT2D eigenvalue weighted by Crippen LogP contribution is 2.35. The number of fused-ring (bicyclic) bond motifs is 2. The Bertz CT molecular complexity index is 1130. The number of rotatable bonds is 4. The number of aromatic nitrogens is 2. The Kier molecular flexibility index (Phi) is 4.56. The van der Waals surface area contributed by atoms with Gasteiger partial charge in [-0.1, -0.05) is 40.9 Å². The zero-order valence-electron chi connectivity index (χ0n) is 16.0. The van der Waals surface area contributed by atoms with Crippen LogP contribution in [0.15, 0.2) is 36.4 Å². The van der Waals surface area contributed by atoms with Gasteiger partial charge in [-0.25, -0.2) is 9.97 Å². The number of anilines is 2. The fourth-order valence-corrected chi connectivity index (χ4v) is 5.75. The normalized spacial score (nSPS) is 14.9. The number of nitrogens with zero attached hydrogens (tertiary/aromatic N) is 4. The molecule has 5 rings (SSSR count). The first-order valence-corrected chi connectivity index (χ1v) is 11.2. The minimum Gasteiger partial charge on any atom is -0.492 e. The zero-order valence-corrected chi connectivity index (χ0v) is 17.6. The molecule has 0 unspecified atom stereocenters. The molecule has 0 aliphatic carbocycles. The van der Waals surface area contributed by atoms with E-state index in [4.69, 9.17) is 14.7 Å². The van der Waals surface area contributed by atoms with Crippen LogP contribution in [0.4, 0.5) is 10.3 Å². The smallest absolute Gasteiger partial charge is 0.186 e. The lowest BCUT2D eigenvalue weighted by Crippen LogP contribution is -2.46. The maximum atomic E-state index is 5.74. The molecule has 2 aromatic heterocycles. The van der Waals surface area contributed by atoms with Gasteiger partial charge in [0.15, 0.2) is 10.3 Å². The summed E-state index contributed by atoms with van der Waals surface area (Å²) in [5.41, 5.74) is 3.37. The fraction of sp³-hybridized carbons (Fsp3) is 0.333. The fourth-order valence-electron chi connectivity index (χ4n) is 3.62. The first-order chi connectivity index (χ1) is 13.7. The molecule has 1 aliphatic heterocycles. The summed E-state index contributed by atoms with van der Waals surface area (Å²) in [6.45, 7) is 8.65. The molecule has 0 radical (unpaired) electrons. The van der Waals surface area contributed by atoms with E-state index in [1.807, 2.05) is 19.1 Å². The van der Waals surface area contributed by atoms with E-state index in [1.54, 1.807) is 22.7 Å². The summed E-state index contributed by atoms with van der Waals surface area (Å²) in [5.74, 6) is 0.881. The lowest BCUT2D eigenvalue weighted by molar-refractivity contribution is 0.344. The van der Waals surface area contributed by atoms with Crippen molar-refractivity contribution in [1.82, 2.24) is 9.97 Å². The van der Waals surface area contributed by atoms with E-state index in [-0.39, 0.29) is 0 Å². The molecule has 144 valence electrons. The maximum Gasteiger partial charge on any atom is 0.186 e. The molecule has 0 N–H and O–H groups in total. The third kappa shape index (κ3) is 3.08. The highest BCUT2D eigenvalue weighted by Gasteiger charge is 2.23. The molecule has 1 fully saturated rings. The standard InChI is InChI=1S/C21H22N4OS2/c1-3-26-15-7-5-9-17-19(15)23-21(28-17)25-12-10-24(11-13-25)20-22-18-14(2)6-4-8-16(18)27-20/h4-9H,3,10-13H2,1-2H3. The van der Waals surface area contributed by atoms with E-state index >= 15 is 0 Å². The van der Waals surface area contributed by atoms with Gasteiger partial charge in [0.1, 0.15) is 11.3 Å². The van der Waals surface area contributed by atoms with Crippen molar-refractivity contribution in [3.05, 3.63) is 42.0 Å². The van der Waals surface area contributed by atoms with Gasteiger partial charge in [0, 0.05) is 26.2 Å². The molecule has 3 heterocycles. The van der Waals surface area contributed by atoms with Crippen LogP contribution in [0, 0.1) is 6.92 Å². The summed E-state index contributed by atoms with van der Waals surface area (Å²) in [4.78, 5) is 14.6. The SMILES string of the molecule is CCOc1cccc2sc(N3CCN(c4nc5c(C)cccc5s4)CC3)nc12. The van der Waals surface area contributed by atoms with Gasteiger partial charge < -0.3 is 14.5 Å². The summed E-state index contributed by atoms with van der Waals surface area (Å²) >= 11 is 3.54. The second-order valence-electron chi connectivity index (χ2n) is 6.92. The van der Waals surface area contributed by atoms with E-state index in [2.05, 4.69) is 41.0 Å². The molecule has 0 spiro atoms. The van der Waals surface area contributed by atoms with Gasteiger partial charge in [0.25, 0.3) is 0 Å². The third-order valence-corrected chi connectivity index (χ3v) is 7.26. The molecular formula is C21H22N4OS2. The van der Waals surface area contributed by atoms with Gasteiger partial charge in [0.05, 0.1) is 21.5 Å². The Hall–Kier alpha value is -2.38. The van der Waals surface area contributed by atoms with E-state index in [9.17, 15) is 0 Å². The summed E-state index contributed by atoms with van der Waals surface area (Å²) in [5, 5.41) is 2.22. The van der Waals surface area contributed by atoms with Crippen LogP contribution in [0.3, 0.4) is 0 Å². The van der Waals surface area contributed by atoms with Gasteiger partial charge in [-0.05, 0) is 37.6 Å². The predicted molar refractivity (Wildman–Crippen MR) is 120 cm³/mol. The number of thiazole rings is 2. The van der Waals surface area contributed by atoms with Gasteiger partial charge >= 0.3 is 0 Å². The minimum atomic E-state index is 0.659. The van der Waals surface area contributed by atoms with Crippen molar-refractivity contribution in [2.24, 2.45) is 0 Å². The average Bonchev–Trinajstić information content (AvgIpc) is 3.34. The van der Waals surface area contributed by atoms with Crippen molar-refractivity contribution in [2.45, 2.75) is 13.8 Å². The molecule has 0 amide bonds. The summed E-state index contributed by atoms with van der Waals surface area (Å²) in [6, 6.07) is 12.6. The molecule has 2 aromatic carbocycles. The van der Waals surface area contributed by atoms with Crippen molar-refractivity contribution < 1.29 is 4.74 Å². The number of ether oxygens (including phenoxy) is 1. The Labute approximate surface area is 172 Å². The maximum absolute atomic E-state index is 5.74. The highest BCUT2D eigenvalue weighted by molar-refractivity contribution is 7.22. The number of hydrogen-bond acceptors (Lipinski definition) is 7. The second-order valence-corrected chi connectivity index (χ2v) is 8.94. The Morgan fingerprint density at radius 1 is 0.857 bits per heavy atom. The van der Waals surface area contributed by atoms with Gasteiger partial charge in [-0.2, -0.15) is 0 Å². The van der Waals surface area contributed by atoms with Crippen LogP contribution in [0.5, 0.6) is 5.75 Å². The summed E-state index contributed by atoms with van der Waals surface area (Å²) in [6.07, 6.45) is 0. The zero-order chi connectivity index (χ0) is 19.1. The van der Waals surface area contributed by atoms with Crippen molar-refractivity contribution in [1.29, 1.82) is 0 Å². The Morgan fingerprint density at radius 3 is 2.04 bits per heavy atom. The average molecular weight is 411 g/mol. The van der Waals surface area contributed by atoms with Crippen molar-refractivity contribution >= 4 is 53.4 Å². The molecule has 4 aromatic rings. The molecule has 0 bridgehead atoms. The van der Waals surface area contributed by atoms with Crippen LogP contribution >= 0.6 is 22.7 Å². The quantitative estimate of drug-likeness (QED) is 0.477. The van der Waals surface area contributed by atoms with E-state index in [0.717, 1.165) is 53.2 Å². The third-order valence-electron chi connectivity index (χ3n) is 5.10. The molecule has 0 saturated carbocycles. The predicted octanol–water partition coefficient (Wildman–Crippen LogP) is 4.94. The molecule has 1 aliphatic rings. The summed E-state index contributed by atoms with van der Waals surface area (Å²) in [7, 11) is 0. The van der Waals surface area contributed by atoms with E-state index < -0.39 is 0 Å². The van der Waals surface area contributed by atoms with Crippen LogP contribution in [0.1, 0.15) is 12.5 Å². The Balaban J connectivity index is 1.34. The van der Waals surface area contributed by atoms with Crippen molar-refractivity contribution in [3.63, 3.8) is 0 Å². The van der Waals surface area contributed by atoms with Crippen LogP contribution in [0.2, 0.25) is 0 Å². The second kappa shape index (κ2) is 7.22. The summed E-state index contributed by atoms with van der Waals surface area (Å²) < 4.78 is 8.20. The molecule has 7 heteroatoms. The number of hydrogen-bond donors (Lipinski definition) is 0. The molecule has 5 nitrogen and oxygen atoms in total. The van der Waals surface area contributed by atoms with Gasteiger partial charge in [-0.3, -0.25) is 0 Å². The van der Waals surface area contributed by atoms with E-state index in [0.29, 0.717) is 6.61 Å². The molecule has 0 atom stereocenters. The van der Waals surface area contributed by atoms with Gasteiger partial charge in [0.2, 0.25) is 0 Å². The number of aryl methyl sites for hydroxylation is 1. The molecule has 1 saturated heterocycles. The van der Waals surface area contributed by atoms with Crippen molar-refractivity contribution in [3.8, 4) is 5.75 Å². The number of para-hydroxylation sites is 2. The minimum absolute atomic E-state index is 0.659. The monoisotopic (exact) mass is 410 g/mol. The lowest BCUT2D eigenvalue weighted by Gasteiger charge is -2.34. The number of benzene rings is 2. The van der Waals surface area contributed by atoms with Gasteiger partial charge in [-0.15, -0.1) is 0 Å². The van der Waals surface area contributed by atoms with Crippen LogP contribution in [-0.4, -0.2) is 42.8 Å². The van der Waals surface area contributed by atoms with Crippen LogP contribution in [0.25, 0.3) is 20.4 Å². The first-order valence-electron chi connectivity index (χ1n) is 9.61. The Morgan fingerprint density at radius 2 is 1.43 bits per heavy atom. The lowest BCUT2D eigenvalue weighted by atomic mass is 10.2. The van der Waals surface area contributed by atoms with Crippen molar-refractivity contribution in [2.75, 3.05) is 42.6 Å². The van der Waals surface area contributed by atoms with Crippen LogP contribution in [-0.2, 0) is 0 Å².